The van der Waals surface area contributed by atoms with Gasteiger partial charge in [-0.1, -0.05) is 6.42 Å². The summed E-state index contributed by atoms with van der Waals surface area (Å²) in [6, 6.07) is 0. The number of nitrogens with two attached hydrogens (primary N) is 1. The molecule has 1 amide bonds. The summed E-state index contributed by atoms with van der Waals surface area (Å²) in [4.78, 5) is 11.9. The van der Waals surface area contributed by atoms with E-state index in [1.165, 1.54) is 0 Å². The van der Waals surface area contributed by atoms with Gasteiger partial charge in [-0.25, -0.2) is 0 Å². The number of hydrogen-bond donors (Lipinski definition) is 2. The second-order valence-electron chi connectivity index (χ2n) is 5.27. The highest BCUT2D eigenvalue weighted by molar-refractivity contribution is 5.85. The first-order chi connectivity index (χ1) is 6.44. The highest BCUT2D eigenvalue weighted by atomic mass is 35.5. The van der Waals surface area contributed by atoms with Gasteiger partial charge in [0.2, 0.25) is 5.91 Å². The van der Waals surface area contributed by atoms with E-state index in [1.54, 1.807) is 0 Å². The van der Waals surface area contributed by atoms with Crippen molar-refractivity contribution in [3.8, 4) is 0 Å². The van der Waals surface area contributed by atoms with Crippen molar-refractivity contribution in [1.29, 1.82) is 0 Å². The monoisotopic (exact) mass is 234 g/mol. The number of hydrogen-bond acceptors (Lipinski definition) is 2. The molecular formula is C11H23ClN2O. The summed E-state index contributed by atoms with van der Waals surface area (Å²) in [5, 5.41) is 3.03. The molecule has 15 heavy (non-hydrogen) atoms. The van der Waals surface area contributed by atoms with Gasteiger partial charge in [-0.2, -0.15) is 0 Å². The molecule has 0 aliphatic heterocycles. The zero-order chi connectivity index (χ0) is 10.8. The summed E-state index contributed by atoms with van der Waals surface area (Å²) in [5.74, 6) is 0.738. The van der Waals surface area contributed by atoms with Gasteiger partial charge in [0.25, 0.3) is 0 Å². The van der Waals surface area contributed by atoms with Crippen LogP contribution in [0.3, 0.4) is 0 Å². The predicted octanol–water partition coefficient (Wildman–Crippen LogP) is 1.70. The Kier molecular flexibility index (Phi) is 5.60. The second kappa shape index (κ2) is 5.71. The molecular weight excluding hydrogens is 212 g/mol. The van der Waals surface area contributed by atoms with Gasteiger partial charge in [-0.15, -0.1) is 12.4 Å². The maximum atomic E-state index is 11.9. The third kappa shape index (κ3) is 4.39. The lowest BCUT2D eigenvalue weighted by atomic mass is 9.94. The molecule has 2 atom stereocenters. The Morgan fingerprint density at radius 2 is 2.00 bits per heavy atom. The molecule has 0 spiro atoms. The minimum absolute atomic E-state index is 0. The van der Waals surface area contributed by atoms with Crippen molar-refractivity contribution in [1.82, 2.24) is 5.32 Å². The predicted molar refractivity (Wildman–Crippen MR) is 65.0 cm³/mol. The lowest BCUT2D eigenvalue weighted by molar-refractivity contribution is -0.127. The molecule has 4 heteroatoms. The molecule has 90 valence electrons. The molecule has 1 rings (SSSR count). The van der Waals surface area contributed by atoms with Crippen LogP contribution in [0.1, 0.15) is 40.0 Å². The van der Waals surface area contributed by atoms with Crippen molar-refractivity contribution in [2.75, 3.05) is 6.54 Å². The Morgan fingerprint density at radius 3 is 2.47 bits per heavy atom. The molecule has 0 saturated heterocycles. The van der Waals surface area contributed by atoms with E-state index in [0.29, 0.717) is 12.5 Å². The summed E-state index contributed by atoms with van der Waals surface area (Å²) < 4.78 is 0. The van der Waals surface area contributed by atoms with E-state index in [2.05, 4.69) is 5.32 Å². The fourth-order valence-corrected chi connectivity index (χ4v) is 2.13. The number of amides is 1. The highest BCUT2D eigenvalue weighted by Gasteiger charge is 2.33. The molecule has 1 aliphatic carbocycles. The van der Waals surface area contributed by atoms with Gasteiger partial charge in [0.1, 0.15) is 0 Å². The smallest absolute Gasteiger partial charge is 0.223 e. The zero-order valence-electron chi connectivity index (χ0n) is 9.88. The molecule has 0 aromatic rings. The lowest BCUT2D eigenvalue weighted by Crippen LogP contribution is -2.45. The average Bonchev–Trinajstić information content (AvgIpc) is 2.47. The van der Waals surface area contributed by atoms with Gasteiger partial charge in [-0.05, 0) is 46.1 Å². The Labute approximate surface area is 98.6 Å². The van der Waals surface area contributed by atoms with Crippen LogP contribution in [0, 0.1) is 11.8 Å². The normalized spacial score (nSPS) is 25.9. The SMILES string of the molecule is CC(C)(C)NC(=O)[C@@H]1CCC[C@@H]1CN.Cl. The molecule has 0 bridgehead atoms. The number of nitrogens with one attached hydrogen (secondary N) is 1. The van der Waals surface area contributed by atoms with Crippen LogP contribution in [0.5, 0.6) is 0 Å². The maximum absolute atomic E-state index is 11.9. The summed E-state index contributed by atoms with van der Waals surface area (Å²) >= 11 is 0. The van der Waals surface area contributed by atoms with Crippen LogP contribution in [0.25, 0.3) is 0 Å². The van der Waals surface area contributed by atoms with Gasteiger partial charge in [0.15, 0.2) is 0 Å². The molecule has 0 radical (unpaired) electrons. The standard InChI is InChI=1S/C11H22N2O.ClH/c1-11(2,3)13-10(14)9-6-4-5-8(9)7-12;/h8-9H,4-7,12H2,1-3H3,(H,13,14);1H/t8-,9-;/m1./s1. The van der Waals surface area contributed by atoms with Crippen molar-refractivity contribution >= 4 is 18.3 Å². The van der Waals surface area contributed by atoms with Crippen molar-refractivity contribution in [3.63, 3.8) is 0 Å². The van der Waals surface area contributed by atoms with Gasteiger partial charge >= 0.3 is 0 Å². The molecule has 1 saturated carbocycles. The second-order valence-corrected chi connectivity index (χ2v) is 5.27. The van der Waals surface area contributed by atoms with E-state index in [4.69, 9.17) is 5.73 Å². The zero-order valence-corrected chi connectivity index (χ0v) is 10.7. The molecule has 0 aromatic heterocycles. The lowest BCUT2D eigenvalue weighted by Gasteiger charge is -2.25. The first kappa shape index (κ1) is 14.7. The third-order valence-corrected chi connectivity index (χ3v) is 2.80. The van der Waals surface area contributed by atoms with Crippen molar-refractivity contribution in [2.24, 2.45) is 17.6 Å². The topological polar surface area (TPSA) is 55.1 Å². The van der Waals surface area contributed by atoms with E-state index in [1.807, 2.05) is 20.8 Å². The quantitative estimate of drug-likeness (QED) is 0.764. The molecule has 3 N–H and O–H groups in total. The third-order valence-electron chi connectivity index (χ3n) is 2.80. The van der Waals surface area contributed by atoms with Crippen molar-refractivity contribution in [2.45, 2.75) is 45.6 Å². The summed E-state index contributed by atoms with van der Waals surface area (Å²) in [6.07, 6.45) is 3.26. The van der Waals surface area contributed by atoms with Crippen LogP contribution >= 0.6 is 12.4 Å². The maximum Gasteiger partial charge on any atom is 0.223 e. The number of carbonyl (C=O) groups is 1. The molecule has 1 fully saturated rings. The first-order valence-electron chi connectivity index (χ1n) is 5.46. The van der Waals surface area contributed by atoms with Crippen LogP contribution in [-0.4, -0.2) is 18.0 Å². The van der Waals surface area contributed by atoms with E-state index >= 15 is 0 Å². The van der Waals surface area contributed by atoms with E-state index in [9.17, 15) is 4.79 Å². The summed E-state index contributed by atoms with van der Waals surface area (Å²) in [6.45, 7) is 6.67. The highest BCUT2D eigenvalue weighted by Crippen LogP contribution is 2.31. The van der Waals surface area contributed by atoms with Gasteiger partial charge in [0.05, 0.1) is 0 Å². The molecule has 1 aliphatic rings. The first-order valence-corrected chi connectivity index (χ1v) is 5.46. The van der Waals surface area contributed by atoms with E-state index in [0.717, 1.165) is 19.3 Å². The van der Waals surface area contributed by atoms with Crippen LogP contribution < -0.4 is 11.1 Å². The summed E-state index contributed by atoms with van der Waals surface area (Å²) in [5.41, 5.74) is 5.52. The van der Waals surface area contributed by atoms with Gasteiger partial charge in [0, 0.05) is 11.5 Å². The number of carbonyl (C=O) groups excluding carboxylic acids is 1. The molecule has 0 aromatic carbocycles. The minimum Gasteiger partial charge on any atom is -0.351 e. The van der Waals surface area contributed by atoms with E-state index < -0.39 is 0 Å². The Bertz CT molecular complexity index is 213. The summed E-state index contributed by atoms with van der Waals surface area (Å²) in [7, 11) is 0. The van der Waals surface area contributed by atoms with Gasteiger partial charge in [-0.3, -0.25) is 4.79 Å². The Morgan fingerprint density at radius 1 is 1.40 bits per heavy atom. The minimum atomic E-state index is -0.126. The fraction of sp³-hybridized carbons (Fsp3) is 0.909. The van der Waals surface area contributed by atoms with Crippen molar-refractivity contribution < 1.29 is 4.79 Å². The van der Waals surface area contributed by atoms with E-state index in [-0.39, 0.29) is 29.8 Å². The van der Waals surface area contributed by atoms with Crippen LogP contribution in [0.4, 0.5) is 0 Å². The number of rotatable bonds is 2. The van der Waals surface area contributed by atoms with Gasteiger partial charge < -0.3 is 11.1 Å². The molecule has 0 heterocycles. The van der Waals surface area contributed by atoms with Crippen LogP contribution in [0.15, 0.2) is 0 Å². The van der Waals surface area contributed by atoms with Crippen LogP contribution in [0.2, 0.25) is 0 Å². The fourth-order valence-electron chi connectivity index (χ4n) is 2.13. The average molecular weight is 235 g/mol. The molecule has 3 nitrogen and oxygen atoms in total. The molecule has 0 unspecified atom stereocenters. The number of halogens is 1. The Balaban J connectivity index is 0.00000196. The Hall–Kier alpha value is -0.280. The van der Waals surface area contributed by atoms with Crippen LogP contribution in [-0.2, 0) is 4.79 Å². The van der Waals surface area contributed by atoms with Crippen molar-refractivity contribution in [3.05, 3.63) is 0 Å². The largest absolute Gasteiger partial charge is 0.351 e.